The zero-order chi connectivity index (χ0) is 44.3. The maximum Gasteiger partial charge on any atom is 0.337 e. The van der Waals surface area contributed by atoms with Crippen LogP contribution in [0.2, 0.25) is 20.1 Å². The molecule has 318 valence electrons. The van der Waals surface area contributed by atoms with E-state index in [1.165, 1.54) is 57.9 Å². The lowest BCUT2D eigenvalue weighted by atomic mass is 9.95. The summed E-state index contributed by atoms with van der Waals surface area (Å²) in [6.45, 7) is 0. The number of aromatic nitrogens is 2. The van der Waals surface area contributed by atoms with Crippen molar-refractivity contribution in [2.24, 2.45) is 5.84 Å². The van der Waals surface area contributed by atoms with E-state index < -0.39 is 11.9 Å². The van der Waals surface area contributed by atoms with E-state index in [1.54, 1.807) is 5.49 Å². The number of fused-ring (bicyclic) bond motifs is 4. The third kappa shape index (κ3) is 11.5. The summed E-state index contributed by atoms with van der Waals surface area (Å²) in [5, 5.41) is 26.3. The van der Waals surface area contributed by atoms with Crippen LogP contribution in [-0.2, 0) is 25.7 Å². The highest BCUT2D eigenvalue weighted by molar-refractivity contribution is 7.80. The Morgan fingerprint density at radius 3 is 1.56 bits per heavy atom. The molecule has 2 aromatic heterocycles. The van der Waals surface area contributed by atoms with Crippen LogP contribution >= 0.6 is 70.8 Å². The highest BCUT2D eigenvalue weighted by atomic mass is 35.5. The van der Waals surface area contributed by atoms with Gasteiger partial charge < -0.3 is 26.3 Å². The van der Waals surface area contributed by atoms with E-state index in [0.29, 0.717) is 10.1 Å². The lowest BCUT2D eigenvalue weighted by molar-refractivity contribution is 0.0685. The third-order valence-corrected chi connectivity index (χ3v) is 11.4. The molecule has 2 aliphatic rings. The van der Waals surface area contributed by atoms with Crippen LogP contribution in [0.25, 0.3) is 0 Å². The Labute approximate surface area is 388 Å². The van der Waals surface area contributed by atoms with Gasteiger partial charge in [-0.05, 0) is 119 Å². The minimum Gasteiger partial charge on any atom is -0.478 e. The highest BCUT2D eigenvalue weighted by Gasteiger charge is 2.25. The lowest BCUT2D eigenvalue weighted by Crippen LogP contribution is -2.41. The fourth-order valence-corrected chi connectivity index (χ4v) is 8.18. The Kier molecular flexibility index (Phi) is 15.9. The number of benzene rings is 4. The van der Waals surface area contributed by atoms with Crippen molar-refractivity contribution >= 4 is 105 Å². The van der Waals surface area contributed by atoms with Crippen LogP contribution in [0.4, 0.5) is 11.6 Å². The van der Waals surface area contributed by atoms with Gasteiger partial charge in [0.2, 0.25) is 0 Å². The summed E-state index contributed by atoms with van der Waals surface area (Å²) < 4.78 is 0. The number of aryl methyl sites for hydroxylation is 4. The van der Waals surface area contributed by atoms with E-state index in [2.05, 4.69) is 91.5 Å². The molecule has 0 radical (unpaired) electrons. The molecule has 0 spiro atoms. The molecule has 0 saturated carbocycles. The topological polar surface area (TPSA) is 187 Å². The van der Waals surface area contributed by atoms with E-state index in [-0.39, 0.29) is 44.9 Å². The first-order chi connectivity index (χ1) is 29.9. The molecule has 8 rings (SSSR count). The smallest absolute Gasteiger partial charge is 0.337 e. The summed E-state index contributed by atoms with van der Waals surface area (Å²) in [5.74, 6) is 3.37. The number of carboxylic acids is 2. The Morgan fingerprint density at radius 1 is 0.645 bits per heavy atom. The molecule has 0 saturated heterocycles. The van der Waals surface area contributed by atoms with Crippen molar-refractivity contribution in [3.63, 3.8) is 0 Å². The van der Waals surface area contributed by atoms with Gasteiger partial charge in [-0.3, -0.25) is 10.9 Å². The van der Waals surface area contributed by atoms with Gasteiger partial charge in [0.15, 0.2) is 16.7 Å². The summed E-state index contributed by atoms with van der Waals surface area (Å²) >= 11 is 34.7. The molecule has 0 aliphatic heterocycles. The normalized spacial score (nSPS) is 14.3. The number of hydrazine groups is 2. The molecule has 2 unspecified atom stereocenters. The van der Waals surface area contributed by atoms with Gasteiger partial charge in [-0.25, -0.2) is 25.4 Å². The van der Waals surface area contributed by atoms with E-state index in [4.69, 9.17) is 86.9 Å². The number of pyridine rings is 2. The maximum atomic E-state index is 11.0. The second kappa shape index (κ2) is 21.5. The molecular weight excluding hydrogens is 910 g/mol. The van der Waals surface area contributed by atoms with Crippen molar-refractivity contribution in [3.8, 4) is 0 Å². The maximum absolute atomic E-state index is 11.0. The highest BCUT2D eigenvalue weighted by Crippen LogP contribution is 2.35. The number of rotatable bonds is 8. The Morgan fingerprint density at radius 2 is 1.10 bits per heavy atom. The van der Waals surface area contributed by atoms with E-state index in [9.17, 15) is 9.59 Å². The number of hydrogen-bond donors (Lipinski definition) is 8. The predicted octanol–water partition coefficient (Wildman–Crippen LogP) is 9.56. The zero-order valence-corrected chi connectivity index (χ0v) is 37.1. The van der Waals surface area contributed by atoms with Gasteiger partial charge in [0, 0.05) is 22.4 Å². The van der Waals surface area contributed by atoms with Crippen molar-refractivity contribution in [1.82, 2.24) is 26.0 Å². The molecular formula is C44H38Cl4N8O4S2. The second-order valence-corrected chi connectivity index (χ2v) is 16.2. The number of nitrogens with zero attached hydrogens (tertiary/aromatic N) is 2. The Bertz CT molecular complexity index is 2640. The van der Waals surface area contributed by atoms with E-state index in [0.717, 1.165) is 41.8 Å². The molecule has 2 heterocycles. The van der Waals surface area contributed by atoms with Gasteiger partial charge in [0.25, 0.3) is 0 Å². The summed E-state index contributed by atoms with van der Waals surface area (Å²) in [5.41, 5.74) is 19.5. The Balaban J connectivity index is 0.000000175. The molecule has 6 aromatic rings. The number of nitrogens with two attached hydrogens (primary N) is 1. The van der Waals surface area contributed by atoms with Gasteiger partial charge in [-0.1, -0.05) is 119 Å². The van der Waals surface area contributed by atoms with Crippen molar-refractivity contribution in [3.05, 3.63) is 185 Å². The summed E-state index contributed by atoms with van der Waals surface area (Å²) in [6.07, 6.45) is 6.32. The first-order valence-corrected chi connectivity index (χ1v) is 21.2. The molecule has 0 fully saturated rings. The molecule has 0 amide bonds. The van der Waals surface area contributed by atoms with Crippen LogP contribution in [-0.4, -0.2) is 42.7 Å². The number of carboxylic acid groups (broad SMARTS) is 2. The average molecular weight is 949 g/mol. The number of anilines is 2. The standard InChI is InChI=1S/C22H18Cl2N4O2S.C16H14ClNS.C6H6ClN3O2/c23-15-8-7-13-6-5-12-3-1-2-4-16(12)19(17(13)10-15)26-22(31)28-27-20-18(24)9-14(11-25-20)21(29)30;17-13-8-7-12-6-5-11-3-1-2-4-14(11)16(18-10-19)15(12)9-13;7-4-1-3(6(11)12)2-9-5(4)10-8/h1-4,7-11,19H,5-6H2,(H,25,27)(H,29,30)(H2,26,28,31);1-4,7-10,16H,5-6H2,(H,18,19);1-2H,8H2,(H,9,10)(H,11,12). The van der Waals surface area contributed by atoms with Gasteiger partial charge >= 0.3 is 11.9 Å². The quantitative estimate of drug-likeness (QED) is 0.0410. The largest absolute Gasteiger partial charge is 0.478 e. The molecule has 0 bridgehead atoms. The van der Waals surface area contributed by atoms with Crippen LogP contribution < -0.4 is 32.8 Å². The molecule has 2 atom stereocenters. The second-order valence-electron chi connectivity index (χ2n) is 13.8. The summed E-state index contributed by atoms with van der Waals surface area (Å²) in [6, 6.07) is 31.4. The van der Waals surface area contributed by atoms with Crippen molar-refractivity contribution in [2.45, 2.75) is 37.8 Å². The third-order valence-electron chi connectivity index (χ3n) is 10.0. The fourth-order valence-electron chi connectivity index (χ4n) is 7.08. The molecule has 62 heavy (non-hydrogen) atoms. The summed E-state index contributed by atoms with van der Waals surface area (Å²) in [7, 11) is 0. The predicted molar refractivity (Wildman–Crippen MR) is 254 cm³/mol. The minimum atomic E-state index is -1.10. The van der Waals surface area contributed by atoms with Gasteiger partial charge in [0.05, 0.1) is 38.7 Å². The summed E-state index contributed by atoms with van der Waals surface area (Å²) in [4.78, 5) is 29.1. The van der Waals surface area contributed by atoms with Gasteiger partial charge in [-0.15, -0.1) is 0 Å². The molecule has 18 heteroatoms. The number of thiocarbonyl (C=S) groups is 2. The van der Waals surface area contributed by atoms with E-state index >= 15 is 0 Å². The minimum absolute atomic E-state index is 0.000185. The number of carbonyl (C=O) groups is 2. The van der Waals surface area contributed by atoms with Crippen LogP contribution in [0.3, 0.4) is 0 Å². The number of halogens is 4. The van der Waals surface area contributed by atoms with Crippen LogP contribution in [0.5, 0.6) is 0 Å². The number of nitrogen functional groups attached to an aromatic ring is 1. The van der Waals surface area contributed by atoms with Crippen LogP contribution in [0, 0.1) is 0 Å². The fraction of sp³-hybridized carbons (Fsp3) is 0.136. The molecule has 9 N–H and O–H groups in total. The average Bonchev–Trinajstić information content (AvgIpc) is 3.51. The first kappa shape index (κ1) is 45.9. The Hall–Kier alpha value is -5.58. The first-order valence-electron chi connectivity index (χ1n) is 18.9. The van der Waals surface area contributed by atoms with Crippen LogP contribution in [0.1, 0.15) is 77.3 Å². The van der Waals surface area contributed by atoms with Crippen molar-refractivity contribution in [1.29, 1.82) is 0 Å². The zero-order valence-electron chi connectivity index (χ0n) is 32.5. The monoisotopic (exact) mass is 946 g/mol. The van der Waals surface area contributed by atoms with Gasteiger partial charge in [-0.2, -0.15) is 0 Å². The van der Waals surface area contributed by atoms with Gasteiger partial charge in [0.1, 0.15) is 0 Å². The molecule has 4 aromatic carbocycles. The number of hydrogen-bond acceptors (Lipinski definition) is 9. The van der Waals surface area contributed by atoms with Crippen molar-refractivity contribution in [2.75, 3.05) is 10.9 Å². The molecule has 2 aliphatic carbocycles. The number of nitrogens with one attached hydrogen (secondary N) is 5. The molecule has 12 nitrogen and oxygen atoms in total. The lowest BCUT2D eigenvalue weighted by Gasteiger charge is -2.24. The van der Waals surface area contributed by atoms with Crippen LogP contribution in [0.15, 0.2) is 109 Å². The van der Waals surface area contributed by atoms with E-state index in [1.807, 2.05) is 30.3 Å². The van der Waals surface area contributed by atoms with Crippen molar-refractivity contribution < 1.29 is 19.8 Å². The number of aromatic carboxylic acids is 2. The SMILES string of the molecule is NNc1ncc(C(=O)O)cc1Cl.O=C(O)c1cnc(NNC(=S)NC2c3ccccc3CCc3ccc(Cl)cc32)c(Cl)c1.S=CNC1c2ccccc2CCc2ccc(Cl)cc21.